The number of amides is 1. The molecule has 1 saturated heterocycles. The zero-order chi connectivity index (χ0) is 15.9. The molecule has 0 radical (unpaired) electrons. The number of nitrogens with zero attached hydrogens (tertiary/aromatic N) is 2. The summed E-state index contributed by atoms with van der Waals surface area (Å²) in [7, 11) is 2.10. The maximum atomic E-state index is 12.6. The lowest BCUT2D eigenvalue weighted by Gasteiger charge is -2.25. The Morgan fingerprint density at radius 1 is 1.23 bits per heavy atom. The number of hydrogen-bond acceptors (Lipinski definition) is 3. The lowest BCUT2D eigenvalue weighted by Crippen LogP contribution is -2.31. The molecule has 0 bridgehead atoms. The number of carbonyl (C=O) groups excluding carboxylic acids is 1. The molecule has 1 amide bonds. The highest BCUT2D eigenvalue weighted by molar-refractivity contribution is 5.95. The number of carboxylic acids is 1. The molecule has 2 heterocycles. The van der Waals surface area contributed by atoms with E-state index < -0.39 is 11.9 Å². The fraction of sp³-hybridized carbons (Fsp3) is 0.529. The van der Waals surface area contributed by atoms with Crippen LogP contribution in [0.4, 0.5) is 0 Å². The van der Waals surface area contributed by atoms with Gasteiger partial charge in [0, 0.05) is 31.7 Å². The van der Waals surface area contributed by atoms with E-state index in [2.05, 4.69) is 11.9 Å². The van der Waals surface area contributed by atoms with Crippen molar-refractivity contribution in [2.75, 3.05) is 26.7 Å². The van der Waals surface area contributed by atoms with Crippen molar-refractivity contribution in [2.24, 2.45) is 11.8 Å². The monoisotopic (exact) mass is 302 g/mol. The van der Waals surface area contributed by atoms with E-state index in [0.29, 0.717) is 18.7 Å². The van der Waals surface area contributed by atoms with E-state index in [1.165, 1.54) is 11.1 Å². The van der Waals surface area contributed by atoms with Crippen molar-refractivity contribution >= 4 is 11.9 Å². The van der Waals surface area contributed by atoms with Crippen LogP contribution in [0.5, 0.6) is 0 Å². The van der Waals surface area contributed by atoms with Crippen molar-refractivity contribution in [3.63, 3.8) is 0 Å². The molecule has 0 aliphatic carbocycles. The van der Waals surface area contributed by atoms with Crippen LogP contribution in [0.1, 0.15) is 28.4 Å². The lowest BCUT2D eigenvalue weighted by atomic mass is 9.97. The highest BCUT2D eigenvalue weighted by Crippen LogP contribution is 2.26. The van der Waals surface area contributed by atoms with Crippen LogP contribution in [-0.2, 0) is 17.8 Å². The Morgan fingerprint density at radius 3 is 2.68 bits per heavy atom. The number of likely N-dealkylation sites (tertiary alicyclic amines) is 1. The second kappa shape index (κ2) is 5.72. The summed E-state index contributed by atoms with van der Waals surface area (Å²) < 4.78 is 0. The number of benzene rings is 1. The predicted molar refractivity (Wildman–Crippen MR) is 82.7 cm³/mol. The lowest BCUT2D eigenvalue weighted by molar-refractivity contribution is -0.142. The molecule has 1 aromatic carbocycles. The molecule has 2 aliphatic heterocycles. The number of hydrogen-bond donors (Lipinski definition) is 1. The largest absolute Gasteiger partial charge is 0.481 e. The number of carboxylic acid groups (broad SMARTS) is 1. The Balaban J connectivity index is 1.77. The fourth-order valence-electron chi connectivity index (χ4n) is 3.46. The van der Waals surface area contributed by atoms with Gasteiger partial charge in [-0.1, -0.05) is 13.0 Å². The second-order valence-electron chi connectivity index (χ2n) is 6.60. The molecule has 1 N–H and O–H groups in total. The van der Waals surface area contributed by atoms with Crippen LogP contribution in [0.3, 0.4) is 0 Å². The maximum absolute atomic E-state index is 12.6. The van der Waals surface area contributed by atoms with Crippen LogP contribution in [-0.4, -0.2) is 53.5 Å². The molecule has 0 spiro atoms. The minimum atomic E-state index is -0.809. The first-order chi connectivity index (χ1) is 10.5. The number of carbonyl (C=O) groups is 2. The minimum Gasteiger partial charge on any atom is -0.481 e. The molecule has 118 valence electrons. The van der Waals surface area contributed by atoms with Gasteiger partial charge in [-0.05, 0) is 42.6 Å². The highest BCUT2D eigenvalue weighted by atomic mass is 16.4. The molecule has 0 saturated carbocycles. The molecular formula is C17H22N2O3. The Bertz CT molecular complexity index is 614. The Kier molecular flexibility index (Phi) is 3.91. The van der Waals surface area contributed by atoms with Crippen molar-refractivity contribution in [2.45, 2.75) is 19.9 Å². The summed E-state index contributed by atoms with van der Waals surface area (Å²) in [6, 6.07) is 5.90. The number of fused-ring (bicyclic) bond motifs is 1. The van der Waals surface area contributed by atoms with Gasteiger partial charge in [-0.25, -0.2) is 0 Å². The van der Waals surface area contributed by atoms with E-state index in [1.54, 1.807) is 4.90 Å². The van der Waals surface area contributed by atoms with Crippen LogP contribution in [0, 0.1) is 11.8 Å². The summed E-state index contributed by atoms with van der Waals surface area (Å²) in [6.07, 6.45) is 0.959. The molecule has 1 aromatic rings. The van der Waals surface area contributed by atoms with Gasteiger partial charge in [-0.2, -0.15) is 0 Å². The van der Waals surface area contributed by atoms with Crippen molar-refractivity contribution in [1.29, 1.82) is 0 Å². The van der Waals surface area contributed by atoms with E-state index in [4.69, 9.17) is 0 Å². The third-order valence-electron chi connectivity index (χ3n) is 4.87. The van der Waals surface area contributed by atoms with Crippen LogP contribution in [0.15, 0.2) is 18.2 Å². The second-order valence-corrected chi connectivity index (χ2v) is 6.60. The number of rotatable bonds is 2. The SMILES string of the molecule is CC1CN(C(=O)c2ccc3c(c2)CCN(C)C3)CC1C(=O)O. The van der Waals surface area contributed by atoms with E-state index in [1.807, 2.05) is 25.1 Å². The molecule has 5 nitrogen and oxygen atoms in total. The zero-order valence-corrected chi connectivity index (χ0v) is 13.1. The standard InChI is InChI=1S/C17H22N2O3/c1-11-8-19(10-15(11)17(21)22)16(20)13-3-4-14-9-18(2)6-5-12(14)7-13/h3-4,7,11,15H,5-6,8-10H2,1-2H3,(H,21,22). The van der Waals surface area contributed by atoms with Crippen molar-refractivity contribution in [3.05, 3.63) is 34.9 Å². The van der Waals surface area contributed by atoms with Crippen molar-refractivity contribution < 1.29 is 14.7 Å². The van der Waals surface area contributed by atoms with Crippen LogP contribution in [0.25, 0.3) is 0 Å². The van der Waals surface area contributed by atoms with Crippen LogP contribution >= 0.6 is 0 Å². The van der Waals surface area contributed by atoms with Gasteiger partial charge in [0.25, 0.3) is 5.91 Å². The molecule has 2 unspecified atom stereocenters. The van der Waals surface area contributed by atoms with E-state index >= 15 is 0 Å². The third-order valence-corrected chi connectivity index (χ3v) is 4.87. The first-order valence-corrected chi connectivity index (χ1v) is 7.78. The first kappa shape index (κ1) is 15.0. The number of aliphatic carboxylic acids is 1. The molecule has 1 fully saturated rings. The van der Waals surface area contributed by atoms with Crippen molar-refractivity contribution in [3.8, 4) is 0 Å². The molecule has 2 aliphatic rings. The quantitative estimate of drug-likeness (QED) is 0.898. The van der Waals surface area contributed by atoms with E-state index in [9.17, 15) is 14.7 Å². The molecule has 22 heavy (non-hydrogen) atoms. The number of likely N-dealkylation sites (N-methyl/N-ethyl adjacent to an activating group) is 1. The third kappa shape index (κ3) is 2.73. The summed E-state index contributed by atoms with van der Waals surface area (Å²) in [5, 5.41) is 9.19. The summed E-state index contributed by atoms with van der Waals surface area (Å²) in [4.78, 5) is 27.8. The van der Waals surface area contributed by atoms with Gasteiger partial charge in [0.15, 0.2) is 0 Å². The smallest absolute Gasteiger partial charge is 0.308 e. The Hall–Kier alpha value is -1.88. The van der Waals surface area contributed by atoms with Gasteiger partial charge in [0.2, 0.25) is 0 Å². The van der Waals surface area contributed by atoms with Gasteiger partial charge in [-0.15, -0.1) is 0 Å². The van der Waals surface area contributed by atoms with Crippen LogP contribution < -0.4 is 0 Å². The molecule has 3 rings (SSSR count). The molecule has 0 aromatic heterocycles. The predicted octanol–water partition coefficient (Wildman–Crippen LogP) is 1.47. The topological polar surface area (TPSA) is 60.9 Å². The average molecular weight is 302 g/mol. The van der Waals surface area contributed by atoms with Gasteiger partial charge < -0.3 is 14.9 Å². The summed E-state index contributed by atoms with van der Waals surface area (Å²) in [5.41, 5.74) is 3.20. The van der Waals surface area contributed by atoms with E-state index in [-0.39, 0.29) is 11.8 Å². The Labute approximate surface area is 130 Å². The zero-order valence-electron chi connectivity index (χ0n) is 13.1. The average Bonchev–Trinajstić information content (AvgIpc) is 2.88. The van der Waals surface area contributed by atoms with Crippen LogP contribution in [0.2, 0.25) is 0 Å². The minimum absolute atomic E-state index is 0.00715. The van der Waals surface area contributed by atoms with Gasteiger partial charge in [0.1, 0.15) is 0 Å². The van der Waals surface area contributed by atoms with Gasteiger partial charge >= 0.3 is 5.97 Å². The van der Waals surface area contributed by atoms with Gasteiger partial charge in [-0.3, -0.25) is 9.59 Å². The van der Waals surface area contributed by atoms with Crippen molar-refractivity contribution in [1.82, 2.24) is 9.80 Å². The molecule has 2 atom stereocenters. The summed E-state index contributed by atoms with van der Waals surface area (Å²) >= 11 is 0. The molecular weight excluding hydrogens is 280 g/mol. The molecule has 5 heteroatoms. The fourth-order valence-corrected chi connectivity index (χ4v) is 3.46. The van der Waals surface area contributed by atoms with Gasteiger partial charge in [0.05, 0.1) is 5.92 Å². The highest BCUT2D eigenvalue weighted by Gasteiger charge is 2.37. The maximum Gasteiger partial charge on any atom is 0.308 e. The normalized spacial score (nSPS) is 25.1. The summed E-state index contributed by atoms with van der Waals surface area (Å²) in [5.74, 6) is -1.29. The first-order valence-electron chi connectivity index (χ1n) is 7.78. The summed E-state index contributed by atoms with van der Waals surface area (Å²) in [6.45, 7) is 4.66. The van der Waals surface area contributed by atoms with E-state index in [0.717, 1.165) is 19.5 Å². The Morgan fingerprint density at radius 2 is 2.00 bits per heavy atom.